The second-order valence-corrected chi connectivity index (χ2v) is 5.03. The molecule has 1 aliphatic carbocycles. The van der Waals surface area contributed by atoms with Crippen molar-refractivity contribution in [3.05, 3.63) is 24.3 Å². The first-order chi connectivity index (χ1) is 8.40. The molecule has 0 aliphatic heterocycles. The molecule has 1 fully saturated rings. The summed E-state index contributed by atoms with van der Waals surface area (Å²) in [6.07, 6.45) is 11.5. The van der Waals surface area contributed by atoms with Gasteiger partial charge in [0.15, 0.2) is 0 Å². The highest BCUT2D eigenvalue weighted by Gasteiger charge is 2.21. The van der Waals surface area contributed by atoms with Crippen LogP contribution >= 0.6 is 0 Å². The smallest absolute Gasteiger partial charge is 0.115 e. The van der Waals surface area contributed by atoms with Crippen LogP contribution in [0.5, 0.6) is 0 Å². The fraction of sp³-hybridized carbons (Fsp3) is 0.714. The SMILES string of the molecule is CCCNC(CC1CCCC1)c1ccncn1. The first-order valence-electron chi connectivity index (χ1n) is 6.89. The molecule has 3 nitrogen and oxygen atoms in total. The zero-order valence-electron chi connectivity index (χ0n) is 10.7. The molecule has 0 amide bonds. The van der Waals surface area contributed by atoms with Gasteiger partial charge in [0.1, 0.15) is 6.33 Å². The molecular formula is C14H23N3. The van der Waals surface area contributed by atoms with Gasteiger partial charge in [-0.15, -0.1) is 0 Å². The normalized spacial score (nSPS) is 18.4. The molecule has 1 atom stereocenters. The Morgan fingerprint density at radius 3 is 2.88 bits per heavy atom. The molecule has 0 saturated heterocycles. The van der Waals surface area contributed by atoms with E-state index in [1.807, 2.05) is 12.3 Å². The molecule has 3 heteroatoms. The molecule has 2 rings (SSSR count). The Labute approximate surface area is 104 Å². The van der Waals surface area contributed by atoms with E-state index in [0.29, 0.717) is 6.04 Å². The third kappa shape index (κ3) is 3.77. The van der Waals surface area contributed by atoms with Crippen LogP contribution in [0.4, 0.5) is 0 Å². The van der Waals surface area contributed by atoms with Crippen LogP contribution in [-0.2, 0) is 0 Å². The minimum atomic E-state index is 0.418. The number of rotatable bonds is 6. The van der Waals surface area contributed by atoms with E-state index in [1.165, 1.54) is 38.5 Å². The predicted octanol–water partition coefficient (Wildman–Crippen LogP) is 3.10. The minimum absolute atomic E-state index is 0.418. The predicted molar refractivity (Wildman–Crippen MR) is 69.6 cm³/mol. The fourth-order valence-corrected chi connectivity index (χ4v) is 2.71. The maximum Gasteiger partial charge on any atom is 0.115 e. The van der Waals surface area contributed by atoms with Gasteiger partial charge in [-0.2, -0.15) is 0 Å². The number of hydrogen-bond acceptors (Lipinski definition) is 3. The van der Waals surface area contributed by atoms with Crippen molar-refractivity contribution in [2.24, 2.45) is 5.92 Å². The van der Waals surface area contributed by atoms with Crippen LogP contribution in [0.3, 0.4) is 0 Å². The summed E-state index contributed by atoms with van der Waals surface area (Å²) in [7, 11) is 0. The van der Waals surface area contributed by atoms with Gasteiger partial charge in [-0.1, -0.05) is 32.6 Å². The van der Waals surface area contributed by atoms with Gasteiger partial charge in [0.2, 0.25) is 0 Å². The first-order valence-corrected chi connectivity index (χ1v) is 6.89. The van der Waals surface area contributed by atoms with Gasteiger partial charge in [-0.25, -0.2) is 9.97 Å². The van der Waals surface area contributed by atoms with Gasteiger partial charge in [0, 0.05) is 12.2 Å². The summed E-state index contributed by atoms with van der Waals surface area (Å²) in [5.74, 6) is 0.888. The molecule has 1 aromatic rings. The van der Waals surface area contributed by atoms with Crippen LogP contribution in [0.25, 0.3) is 0 Å². The Hall–Kier alpha value is -0.960. The summed E-state index contributed by atoms with van der Waals surface area (Å²) in [5, 5.41) is 3.62. The molecule has 17 heavy (non-hydrogen) atoms. The molecular weight excluding hydrogens is 210 g/mol. The van der Waals surface area contributed by atoms with Crippen LogP contribution in [0.15, 0.2) is 18.6 Å². The van der Waals surface area contributed by atoms with Crippen molar-refractivity contribution in [2.45, 2.75) is 51.5 Å². The Kier molecular flexibility index (Phi) is 4.92. The highest BCUT2D eigenvalue weighted by atomic mass is 14.9. The number of nitrogens with one attached hydrogen (secondary N) is 1. The third-order valence-electron chi connectivity index (χ3n) is 3.65. The summed E-state index contributed by atoms with van der Waals surface area (Å²) in [4.78, 5) is 8.40. The average Bonchev–Trinajstić information content (AvgIpc) is 2.88. The van der Waals surface area contributed by atoms with Crippen LogP contribution in [0, 0.1) is 5.92 Å². The zero-order chi connectivity index (χ0) is 11.9. The Morgan fingerprint density at radius 1 is 1.41 bits per heavy atom. The summed E-state index contributed by atoms with van der Waals surface area (Å²) in [6, 6.07) is 2.46. The van der Waals surface area contributed by atoms with Gasteiger partial charge in [0.05, 0.1) is 5.69 Å². The van der Waals surface area contributed by atoms with Crippen molar-refractivity contribution in [1.29, 1.82) is 0 Å². The van der Waals surface area contributed by atoms with E-state index in [2.05, 4.69) is 22.2 Å². The van der Waals surface area contributed by atoms with Crippen molar-refractivity contribution >= 4 is 0 Å². The lowest BCUT2D eigenvalue weighted by Crippen LogP contribution is -2.25. The average molecular weight is 233 g/mol. The monoisotopic (exact) mass is 233 g/mol. The summed E-state index contributed by atoms with van der Waals surface area (Å²) in [6.45, 7) is 3.28. The fourth-order valence-electron chi connectivity index (χ4n) is 2.71. The third-order valence-corrected chi connectivity index (χ3v) is 3.65. The molecule has 1 N–H and O–H groups in total. The maximum atomic E-state index is 4.40. The van der Waals surface area contributed by atoms with Gasteiger partial charge >= 0.3 is 0 Å². The molecule has 0 radical (unpaired) electrons. The minimum Gasteiger partial charge on any atom is -0.309 e. The zero-order valence-corrected chi connectivity index (χ0v) is 10.7. The Balaban J connectivity index is 1.97. The van der Waals surface area contributed by atoms with Crippen molar-refractivity contribution in [1.82, 2.24) is 15.3 Å². The lowest BCUT2D eigenvalue weighted by atomic mass is 9.96. The number of hydrogen-bond donors (Lipinski definition) is 1. The molecule has 1 aliphatic rings. The Bertz CT molecular complexity index is 307. The van der Waals surface area contributed by atoms with E-state index < -0.39 is 0 Å². The van der Waals surface area contributed by atoms with Gasteiger partial charge in [-0.05, 0) is 31.4 Å². The quantitative estimate of drug-likeness (QED) is 0.820. The van der Waals surface area contributed by atoms with Crippen molar-refractivity contribution in [3.63, 3.8) is 0 Å². The van der Waals surface area contributed by atoms with Crippen LogP contribution in [-0.4, -0.2) is 16.5 Å². The molecule has 1 heterocycles. The molecule has 0 bridgehead atoms. The largest absolute Gasteiger partial charge is 0.309 e. The van der Waals surface area contributed by atoms with Crippen molar-refractivity contribution < 1.29 is 0 Å². The molecule has 1 saturated carbocycles. The topological polar surface area (TPSA) is 37.8 Å². The van der Waals surface area contributed by atoms with Crippen LogP contribution in [0.2, 0.25) is 0 Å². The van der Waals surface area contributed by atoms with Gasteiger partial charge < -0.3 is 5.32 Å². The summed E-state index contributed by atoms with van der Waals surface area (Å²) in [5.41, 5.74) is 1.15. The van der Waals surface area contributed by atoms with E-state index in [1.54, 1.807) is 6.33 Å². The highest BCUT2D eigenvalue weighted by molar-refractivity contribution is 5.05. The number of nitrogens with zero attached hydrogens (tertiary/aromatic N) is 2. The van der Waals surface area contributed by atoms with Gasteiger partial charge in [-0.3, -0.25) is 0 Å². The molecule has 0 aromatic carbocycles. The molecule has 94 valence electrons. The van der Waals surface area contributed by atoms with Gasteiger partial charge in [0.25, 0.3) is 0 Å². The van der Waals surface area contributed by atoms with Crippen LogP contribution in [0.1, 0.15) is 57.2 Å². The lowest BCUT2D eigenvalue weighted by molar-refractivity contribution is 0.389. The van der Waals surface area contributed by atoms with E-state index in [-0.39, 0.29) is 0 Å². The molecule has 1 aromatic heterocycles. The van der Waals surface area contributed by atoms with E-state index in [9.17, 15) is 0 Å². The lowest BCUT2D eigenvalue weighted by Gasteiger charge is -2.21. The second kappa shape index (κ2) is 6.70. The van der Waals surface area contributed by atoms with Crippen molar-refractivity contribution in [2.75, 3.05) is 6.54 Å². The Morgan fingerprint density at radius 2 is 2.24 bits per heavy atom. The van der Waals surface area contributed by atoms with E-state index >= 15 is 0 Å². The number of aromatic nitrogens is 2. The molecule has 1 unspecified atom stereocenters. The highest BCUT2D eigenvalue weighted by Crippen LogP contribution is 2.32. The second-order valence-electron chi connectivity index (χ2n) is 5.03. The van der Waals surface area contributed by atoms with Crippen LogP contribution < -0.4 is 5.32 Å². The summed E-state index contributed by atoms with van der Waals surface area (Å²) >= 11 is 0. The summed E-state index contributed by atoms with van der Waals surface area (Å²) < 4.78 is 0. The van der Waals surface area contributed by atoms with E-state index in [4.69, 9.17) is 0 Å². The molecule has 0 spiro atoms. The standard InChI is InChI=1S/C14H23N3/c1-2-8-16-14(10-12-5-3-4-6-12)13-7-9-15-11-17-13/h7,9,11-12,14,16H,2-6,8,10H2,1H3. The first kappa shape index (κ1) is 12.5. The van der Waals surface area contributed by atoms with Crippen molar-refractivity contribution in [3.8, 4) is 0 Å². The van der Waals surface area contributed by atoms with E-state index in [0.717, 1.165) is 18.2 Å². The maximum absolute atomic E-state index is 4.40.